The molecule has 2 amide bonds. The lowest BCUT2D eigenvalue weighted by Crippen LogP contribution is -2.65. The van der Waals surface area contributed by atoms with E-state index in [1.54, 1.807) is 15.8 Å². The highest BCUT2D eigenvalue weighted by Crippen LogP contribution is 2.37. The second-order valence-electron chi connectivity index (χ2n) is 6.28. The fraction of sp³-hybridized carbons (Fsp3) is 0.667. The monoisotopic (exact) mass is 290 g/mol. The van der Waals surface area contributed by atoms with E-state index >= 15 is 0 Å². The van der Waals surface area contributed by atoms with E-state index in [0.29, 0.717) is 5.92 Å². The molecule has 6 heteroatoms. The van der Waals surface area contributed by atoms with Crippen LogP contribution in [0.4, 0.5) is 5.69 Å². The summed E-state index contributed by atoms with van der Waals surface area (Å²) in [5.41, 5.74) is 0.723. The van der Waals surface area contributed by atoms with Crippen molar-refractivity contribution in [2.45, 2.75) is 52.2 Å². The number of piperazine rings is 1. The van der Waals surface area contributed by atoms with Gasteiger partial charge >= 0.3 is 0 Å². The molecular weight excluding hydrogens is 268 g/mol. The van der Waals surface area contributed by atoms with Gasteiger partial charge in [0, 0.05) is 12.7 Å². The second kappa shape index (κ2) is 5.16. The lowest BCUT2D eigenvalue weighted by atomic mass is 9.95. The Labute approximate surface area is 124 Å². The zero-order valence-corrected chi connectivity index (χ0v) is 12.7. The van der Waals surface area contributed by atoms with Gasteiger partial charge in [0.25, 0.3) is 5.91 Å². The number of amides is 2. The van der Waals surface area contributed by atoms with Crippen LogP contribution in [0, 0.1) is 11.8 Å². The summed E-state index contributed by atoms with van der Waals surface area (Å²) in [7, 11) is 0. The van der Waals surface area contributed by atoms with Crippen LogP contribution in [0.1, 0.15) is 33.6 Å². The smallest absolute Gasteiger partial charge is 0.250 e. The molecule has 0 radical (unpaired) electrons. The maximum atomic E-state index is 12.8. The Balaban J connectivity index is 1.96. The molecule has 3 rings (SSSR count). The molecule has 2 atom stereocenters. The van der Waals surface area contributed by atoms with Crippen molar-refractivity contribution in [3.63, 3.8) is 0 Å². The molecule has 1 aliphatic carbocycles. The number of anilines is 1. The summed E-state index contributed by atoms with van der Waals surface area (Å²) in [6, 6.07) is -0.820. The van der Waals surface area contributed by atoms with Crippen LogP contribution >= 0.6 is 0 Å². The topological polar surface area (TPSA) is 67.2 Å². The first-order valence-electron chi connectivity index (χ1n) is 7.68. The highest BCUT2D eigenvalue weighted by molar-refractivity contribution is 6.08. The van der Waals surface area contributed by atoms with Gasteiger partial charge in [-0.3, -0.25) is 19.2 Å². The maximum Gasteiger partial charge on any atom is 0.250 e. The lowest BCUT2D eigenvalue weighted by Gasteiger charge is -2.40. The molecule has 2 heterocycles. The highest BCUT2D eigenvalue weighted by Gasteiger charge is 2.48. The van der Waals surface area contributed by atoms with Crippen molar-refractivity contribution in [2.75, 3.05) is 4.90 Å². The summed E-state index contributed by atoms with van der Waals surface area (Å²) < 4.78 is 1.78. The molecule has 2 unspecified atom stereocenters. The van der Waals surface area contributed by atoms with Gasteiger partial charge in [-0.05, 0) is 31.6 Å². The van der Waals surface area contributed by atoms with E-state index in [2.05, 4.69) is 10.4 Å². The summed E-state index contributed by atoms with van der Waals surface area (Å²) >= 11 is 0. The van der Waals surface area contributed by atoms with Gasteiger partial charge in [0.1, 0.15) is 12.1 Å². The van der Waals surface area contributed by atoms with Crippen LogP contribution in [0.15, 0.2) is 12.4 Å². The molecule has 114 valence electrons. The number of nitrogens with one attached hydrogen (secondary N) is 1. The van der Waals surface area contributed by atoms with Crippen LogP contribution in [-0.2, 0) is 16.1 Å². The van der Waals surface area contributed by atoms with Crippen molar-refractivity contribution in [1.82, 2.24) is 15.1 Å². The van der Waals surface area contributed by atoms with Crippen LogP contribution in [0.3, 0.4) is 0 Å². The molecule has 6 nitrogen and oxygen atoms in total. The van der Waals surface area contributed by atoms with Gasteiger partial charge in [-0.2, -0.15) is 5.10 Å². The molecule has 1 aromatic rings. The Morgan fingerprint density at radius 3 is 2.62 bits per heavy atom. The number of hydrogen-bond donors (Lipinski definition) is 1. The van der Waals surface area contributed by atoms with Crippen molar-refractivity contribution >= 4 is 17.5 Å². The fourth-order valence-electron chi connectivity index (χ4n) is 2.99. The minimum absolute atomic E-state index is 0.00598. The van der Waals surface area contributed by atoms with E-state index in [1.165, 1.54) is 0 Å². The van der Waals surface area contributed by atoms with Crippen LogP contribution in [-0.4, -0.2) is 33.7 Å². The van der Waals surface area contributed by atoms with E-state index in [4.69, 9.17) is 0 Å². The third-order valence-corrected chi connectivity index (χ3v) is 4.29. The average Bonchev–Trinajstić information content (AvgIpc) is 3.17. The number of nitrogens with zero attached hydrogens (tertiary/aromatic N) is 3. The van der Waals surface area contributed by atoms with E-state index < -0.39 is 6.04 Å². The van der Waals surface area contributed by atoms with E-state index in [1.807, 2.05) is 27.0 Å². The second-order valence-corrected chi connectivity index (χ2v) is 6.28. The summed E-state index contributed by atoms with van der Waals surface area (Å²) in [5, 5.41) is 7.16. The maximum absolute atomic E-state index is 12.8. The molecule has 2 fully saturated rings. The minimum atomic E-state index is -0.456. The number of aromatic nitrogens is 2. The van der Waals surface area contributed by atoms with Gasteiger partial charge < -0.3 is 5.32 Å². The number of carbonyl (C=O) groups excluding carboxylic acids is 2. The van der Waals surface area contributed by atoms with Crippen LogP contribution in [0.5, 0.6) is 0 Å². The summed E-state index contributed by atoms with van der Waals surface area (Å²) in [6.45, 7) is 6.67. The normalized spacial score (nSPS) is 26.4. The molecule has 21 heavy (non-hydrogen) atoms. The van der Waals surface area contributed by atoms with Gasteiger partial charge in [0.05, 0.1) is 11.9 Å². The van der Waals surface area contributed by atoms with E-state index in [-0.39, 0.29) is 23.8 Å². The number of rotatable bonds is 4. The Hall–Kier alpha value is -1.85. The van der Waals surface area contributed by atoms with Gasteiger partial charge in [-0.1, -0.05) is 13.8 Å². The van der Waals surface area contributed by atoms with Gasteiger partial charge in [-0.15, -0.1) is 0 Å². The summed E-state index contributed by atoms with van der Waals surface area (Å²) in [5.74, 6) is 0.314. The SMILES string of the molecule is CCn1cc(N2C(=O)C(C3CC3)NC(=O)C2C(C)C)cn1. The van der Waals surface area contributed by atoms with E-state index in [0.717, 1.165) is 25.1 Å². The molecule has 0 bridgehead atoms. The van der Waals surface area contributed by atoms with Crippen molar-refractivity contribution in [1.29, 1.82) is 0 Å². The van der Waals surface area contributed by atoms with Gasteiger partial charge in [0.15, 0.2) is 0 Å². The predicted molar refractivity (Wildman–Crippen MR) is 78.7 cm³/mol. The highest BCUT2D eigenvalue weighted by atomic mass is 16.2. The molecule has 0 aromatic carbocycles. The Bertz CT molecular complexity index is 562. The Morgan fingerprint density at radius 1 is 1.38 bits per heavy atom. The number of aryl methyl sites for hydroxylation is 1. The molecule has 1 saturated carbocycles. The number of hydrogen-bond acceptors (Lipinski definition) is 3. The molecule has 1 N–H and O–H groups in total. The first-order valence-corrected chi connectivity index (χ1v) is 7.68. The molecule has 1 aliphatic heterocycles. The summed E-state index contributed by atoms with van der Waals surface area (Å²) in [4.78, 5) is 26.9. The standard InChI is InChI=1S/C15H22N4O2/c1-4-18-8-11(7-16-18)19-13(9(2)3)14(20)17-12(15(19)21)10-5-6-10/h7-10,12-13H,4-6H2,1-3H3,(H,17,20). The zero-order valence-electron chi connectivity index (χ0n) is 12.7. The Kier molecular flexibility index (Phi) is 3.47. The van der Waals surface area contributed by atoms with E-state index in [9.17, 15) is 9.59 Å². The zero-order chi connectivity index (χ0) is 15.1. The molecule has 0 spiro atoms. The van der Waals surface area contributed by atoms with Crippen molar-refractivity contribution in [3.8, 4) is 0 Å². The van der Waals surface area contributed by atoms with Crippen molar-refractivity contribution in [2.24, 2.45) is 11.8 Å². The van der Waals surface area contributed by atoms with Crippen molar-refractivity contribution < 1.29 is 9.59 Å². The third kappa shape index (κ3) is 2.43. The molecule has 2 aliphatic rings. The lowest BCUT2D eigenvalue weighted by molar-refractivity contribution is -0.135. The molecular formula is C15H22N4O2. The molecule has 1 saturated heterocycles. The van der Waals surface area contributed by atoms with Gasteiger partial charge in [0.2, 0.25) is 5.91 Å². The number of carbonyl (C=O) groups is 2. The average molecular weight is 290 g/mol. The first kappa shape index (κ1) is 14.1. The Morgan fingerprint density at radius 2 is 2.10 bits per heavy atom. The third-order valence-electron chi connectivity index (χ3n) is 4.29. The van der Waals surface area contributed by atoms with Gasteiger partial charge in [-0.25, -0.2) is 0 Å². The fourth-order valence-corrected chi connectivity index (χ4v) is 2.99. The predicted octanol–water partition coefficient (Wildman–Crippen LogP) is 1.17. The first-order chi connectivity index (χ1) is 10.0. The van der Waals surface area contributed by atoms with Crippen molar-refractivity contribution in [3.05, 3.63) is 12.4 Å². The van der Waals surface area contributed by atoms with Crippen LogP contribution in [0.25, 0.3) is 0 Å². The van der Waals surface area contributed by atoms with Crippen LogP contribution in [0.2, 0.25) is 0 Å². The van der Waals surface area contributed by atoms with Crippen LogP contribution < -0.4 is 10.2 Å². The molecule has 1 aromatic heterocycles. The summed E-state index contributed by atoms with van der Waals surface area (Å²) in [6.07, 6.45) is 5.56. The quantitative estimate of drug-likeness (QED) is 0.905. The minimum Gasteiger partial charge on any atom is -0.342 e. The largest absolute Gasteiger partial charge is 0.342 e.